The fourth-order valence-corrected chi connectivity index (χ4v) is 35.3. The molecule has 48 heavy (non-hydrogen) atoms. The van der Waals surface area contributed by atoms with Crippen molar-refractivity contribution in [1.82, 2.24) is 56.0 Å². The molecule has 288 valence electrons. The molecule has 0 aliphatic carbocycles. The maximum atomic E-state index is 6.03. The minimum absolute atomic E-state index is 2.08. The summed E-state index contributed by atoms with van der Waals surface area (Å²) < 4.78 is 62.4. The van der Waals surface area contributed by atoms with Crippen LogP contribution < -0.4 is 0 Å². The van der Waals surface area contributed by atoms with Crippen LogP contribution in [0.1, 0.15) is 0 Å². The first-order valence-corrected chi connectivity index (χ1v) is 25.1. The standard InChI is InChI=1S/C24H72N18P6/c1-31(2)43(32(3)4)25-44(33(5)6,34(7)8)27-46(37(13)14,38(15)16)29-48(41(21)22,42(23)24)30-47(39(17)18,40(19)20)28-45(26-43,35(9)10)36(11)12/h1-24H3. The van der Waals surface area contributed by atoms with Crippen molar-refractivity contribution in [2.75, 3.05) is 169 Å². The predicted molar refractivity (Wildman–Crippen MR) is 220 cm³/mol. The van der Waals surface area contributed by atoms with Crippen LogP contribution in [0, 0.1) is 0 Å². The van der Waals surface area contributed by atoms with Crippen molar-refractivity contribution in [2.45, 2.75) is 0 Å². The summed E-state index contributed by atoms with van der Waals surface area (Å²) in [5.41, 5.74) is 0. The van der Waals surface area contributed by atoms with Gasteiger partial charge in [0.15, 0.2) is 0 Å². The Morgan fingerprint density at radius 2 is 0.229 bits per heavy atom. The maximum absolute atomic E-state index is 6.03. The Morgan fingerprint density at radius 3 is 0.271 bits per heavy atom. The molecule has 0 aromatic carbocycles. The summed E-state index contributed by atoms with van der Waals surface area (Å²) in [5, 5.41) is 0. The van der Waals surface area contributed by atoms with Crippen molar-refractivity contribution in [3.05, 3.63) is 0 Å². The highest BCUT2D eigenvalue weighted by atomic mass is 31.3. The zero-order valence-corrected chi connectivity index (χ0v) is 40.1. The van der Waals surface area contributed by atoms with Crippen molar-refractivity contribution >= 4 is 45.0 Å². The van der Waals surface area contributed by atoms with Gasteiger partial charge in [-0.3, -0.25) is 0 Å². The number of nitrogens with zero attached hydrogens (tertiary/aromatic N) is 18. The van der Waals surface area contributed by atoms with Gasteiger partial charge in [-0.1, -0.05) is 0 Å². The van der Waals surface area contributed by atoms with Gasteiger partial charge >= 0.3 is 0 Å². The van der Waals surface area contributed by atoms with Crippen LogP contribution >= 0.6 is 45.0 Å². The first-order chi connectivity index (χ1) is 21.6. The van der Waals surface area contributed by atoms with Gasteiger partial charge in [0.2, 0.25) is 45.0 Å². The first kappa shape index (κ1) is 46.9. The Hall–Kier alpha value is 0.900. The van der Waals surface area contributed by atoms with Crippen LogP contribution in [0.4, 0.5) is 0 Å². The molecule has 1 aliphatic rings. The third-order valence-corrected chi connectivity index (χ3v) is 32.3. The lowest BCUT2D eigenvalue weighted by atomic mass is 11.3. The Kier molecular flexibility index (Phi) is 16.5. The van der Waals surface area contributed by atoms with E-state index in [2.05, 4.69) is 225 Å². The first-order valence-electron chi connectivity index (χ1n) is 15.5. The Balaban J connectivity index is 5.73. The maximum Gasteiger partial charge on any atom is 0.220 e. The summed E-state index contributed by atoms with van der Waals surface area (Å²) in [6.45, 7) is 0. The molecule has 0 saturated carbocycles. The van der Waals surface area contributed by atoms with E-state index >= 15 is 0 Å². The second-order valence-electron chi connectivity index (χ2n) is 13.9. The zero-order valence-electron chi connectivity index (χ0n) is 34.7. The molecule has 0 bridgehead atoms. The molecule has 1 rings (SSSR count). The molecule has 0 saturated heterocycles. The summed E-state index contributed by atoms with van der Waals surface area (Å²) in [6.07, 6.45) is 0. The highest BCUT2D eigenvalue weighted by Gasteiger charge is 2.45. The number of rotatable bonds is 12. The van der Waals surface area contributed by atoms with Gasteiger partial charge in [-0.25, -0.2) is 56.0 Å². The predicted octanol–water partition coefficient (Wildman–Crippen LogP) is 6.42. The van der Waals surface area contributed by atoms with Gasteiger partial charge in [0.05, 0.1) is 0 Å². The van der Waals surface area contributed by atoms with Crippen LogP contribution in [0.2, 0.25) is 0 Å². The molecule has 0 N–H and O–H groups in total. The van der Waals surface area contributed by atoms with E-state index in [0.29, 0.717) is 0 Å². The molecule has 1 heterocycles. The van der Waals surface area contributed by atoms with Crippen molar-refractivity contribution in [1.29, 1.82) is 0 Å². The molecule has 24 heteroatoms. The minimum Gasteiger partial charge on any atom is -0.246 e. The quantitative estimate of drug-likeness (QED) is 0.203. The molecule has 0 spiro atoms. The third-order valence-electron chi connectivity index (χ3n) is 7.88. The van der Waals surface area contributed by atoms with Crippen LogP contribution in [-0.2, 0) is 0 Å². The Labute approximate surface area is 296 Å². The van der Waals surface area contributed by atoms with Gasteiger partial charge in [-0.15, -0.1) is 0 Å². The van der Waals surface area contributed by atoms with E-state index in [4.69, 9.17) is 27.1 Å². The molecule has 0 aromatic rings. The van der Waals surface area contributed by atoms with E-state index < -0.39 is 45.0 Å². The van der Waals surface area contributed by atoms with Gasteiger partial charge in [0.1, 0.15) is 0 Å². The minimum atomic E-state index is -2.92. The molecular weight excluding hydrogens is 726 g/mol. The van der Waals surface area contributed by atoms with Crippen LogP contribution in [0.3, 0.4) is 0 Å². The van der Waals surface area contributed by atoms with E-state index in [1.807, 2.05) is 0 Å². The lowest BCUT2D eigenvalue weighted by molar-refractivity contribution is 0.529. The fraction of sp³-hybridized carbons (Fsp3) is 1.00. The average Bonchev–Trinajstić information content (AvgIpc) is 2.91. The number of hydrogen-bond donors (Lipinski definition) is 0. The van der Waals surface area contributed by atoms with E-state index in [1.165, 1.54) is 0 Å². The molecule has 1 aliphatic heterocycles. The highest BCUT2D eigenvalue weighted by molar-refractivity contribution is 7.83. The molecule has 0 aromatic heterocycles. The lowest BCUT2D eigenvalue weighted by Crippen LogP contribution is -2.29. The summed E-state index contributed by atoms with van der Waals surface area (Å²) >= 11 is 0. The number of hydrogen-bond acceptors (Lipinski definition) is 18. The summed E-state index contributed by atoms with van der Waals surface area (Å²) in [4.78, 5) is 0. The van der Waals surface area contributed by atoms with Gasteiger partial charge in [0, 0.05) is 0 Å². The zero-order chi connectivity index (χ0) is 38.2. The molecule has 0 unspecified atom stereocenters. The largest absolute Gasteiger partial charge is 0.246 e. The van der Waals surface area contributed by atoms with E-state index in [1.54, 1.807) is 0 Å². The molecular formula is C24H72N18P6. The summed E-state index contributed by atoms with van der Waals surface area (Å²) in [6, 6.07) is 0. The monoisotopic (exact) mass is 798 g/mol. The topological polar surface area (TPSA) is 113 Å². The van der Waals surface area contributed by atoms with Crippen molar-refractivity contribution in [3.63, 3.8) is 0 Å². The van der Waals surface area contributed by atoms with Crippen LogP contribution in [0.15, 0.2) is 27.1 Å². The highest BCUT2D eigenvalue weighted by Crippen LogP contribution is 2.82. The molecule has 18 nitrogen and oxygen atoms in total. The van der Waals surface area contributed by atoms with E-state index in [-0.39, 0.29) is 0 Å². The van der Waals surface area contributed by atoms with Crippen LogP contribution in [0.25, 0.3) is 0 Å². The lowest BCUT2D eigenvalue weighted by Gasteiger charge is -2.47. The van der Waals surface area contributed by atoms with Gasteiger partial charge in [-0.2, -0.15) is 27.1 Å². The second kappa shape index (κ2) is 16.9. The smallest absolute Gasteiger partial charge is 0.220 e. The van der Waals surface area contributed by atoms with E-state index in [0.717, 1.165) is 0 Å². The molecule has 0 radical (unpaired) electrons. The van der Waals surface area contributed by atoms with E-state index in [9.17, 15) is 0 Å². The van der Waals surface area contributed by atoms with Crippen molar-refractivity contribution in [2.24, 2.45) is 27.1 Å². The van der Waals surface area contributed by atoms with Gasteiger partial charge in [0.25, 0.3) is 0 Å². The Bertz CT molecular complexity index is 1070. The molecule has 0 amide bonds. The van der Waals surface area contributed by atoms with Crippen molar-refractivity contribution < 1.29 is 0 Å². The summed E-state index contributed by atoms with van der Waals surface area (Å²) in [7, 11) is 32.4. The van der Waals surface area contributed by atoms with Gasteiger partial charge < -0.3 is 0 Å². The fourth-order valence-electron chi connectivity index (χ4n) is 5.14. The molecule has 0 atom stereocenters. The SMILES string of the molecule is CN(C)P1(N(C)C)=NP(N(C)C)(N(C)C)=NP(N(C)C)(N(C)C)=NP(N(C)C)(N(C)C)=NP(N(C)C)(N(C)C)=NP(N(C)C)(N(C)C)=N1. The average molecular weight is 799 g/mol. The molecule has 0 fully saturated rings. The third kappa shape index (κ3) is 8.33. The Morgan fingerprint density at radius 1 is 0.167 bits per heavy atom. The second-order valence-corrected chi connectivity index (χ2v) is 34.3. The van der Waals surface area contributed by atoms with Crippen LogP contribution in [-0.4, -0.2) is 225 Å². The van der Waals surface area contributed by atoms with Gasteiger partial charge in [-0.05, 0) is 169 Å². The van der Waals surface area contributed by atoms with Crippen molar-refractivity contribution in [3.8, 4) is 0 Å². The summed E-state index contributed by atoms with van der Waals surface area (Å²) in [5.74, 6) is 0. The van der Waals surface area contributed by atoms with Crippen LogP contribution in [0.5, 0.6) is 0 Å². The normalized spacial score (nSPS) is 22.2.